The predicted molar refractivity (Wildman–Crippen MR) is 80.7 cm³/mol. The molecule has 1 saturated carbocycles. The average molecular weight is 293 g/mol. The lowest BCUT2D eigenvalue weighted by Crippen LogP contribution is -2.63. The Labute approximate surface area is 127 Å². The maximum atomic E-state index is 12.7. The van der Waals surface area contributed by atoms with Crippen molar-refractivity contribution in [1.82, 2.24) is 15.1 Å². The topological polar surface area (TPSA) is 52.7 Å². The number of nitrogens with zero attached hydrogens (tertiary/aromatic N) is 2. The molecule has 21 heavy (non-hydrogen) atoms. The van der Waals surface area contributed by atoms with Crippen LogP contribution in [-0.4, -0.2) is 59.9 Å². The van der Waals surface area contributed by atoms with Crippen LogP contribution < -0.4 is 5.32 Å². The van der Waals surface area contributed by atoms with Gasteiger partial charge in [-0.3, -0.25) is 9.59 Å². The van der Waals surface area contributed by atoms with Gasteiger partial charge in [0.1, 0.15) is 6.04 Å². The zero-order valence-corrected chi connectivity index (χ0v) is 13.0. The molecule has 0 aromatic carbocycles. The summed E-state index contributed by atoms with van der Waals surface area (Å²) in [5, 5.41) is 3.57. The second-order valence-electron chi connectivity index (χ2n) is 6.72. The van der Waals surface area contributed by atoms with Gasteiger partial charge in [0, 0.05) is 19.1 Å². The molecule has 0 spiro atoms. The Balaban J connectivity index is 1.64. The van der Waals surface area contributed by atoms with Gasteiger partial charge in [0.05, 0.1) is 6.54 Å². The normalized spacial score (nSPS) is 27.8. The van der Waals surface area contributed by atoms with Crippen LogP contribution in [0.5, 0.6) is 0 Å². The Hall–Kier alpha value is -1.10. The molecule has 2 heterocycles. The summed E-state index contributed by atoms with van der Waals surface area (Å²) in [5.41, 5.74) is 0. The average Bonchev–Trinajstić information content (AvgIpc) is 3.33. The van der Waals surface area contributed by atoms with E-state index in [-0.39, 0.29) is 24.4 Å². The van der Waals surface area contributed by atoms with Crippen LogP contribution in [0, 0.1) is 5.92 Å². The third-order valence-electron chi connectivity index (χ3n) is 5.01. The summed E-state index contributed by atoms with van der Waals surface area (Å²) in [5.74, 6) is 1.02. The molecule has 2 atom stereocenters. The maximum absolute atomic E-state index is 12.7. The Morgan fingerprint density at radius 2 is 2.05 bits per heavy atom. The molecule has 5 heteroatoms. The van der Waals surface area contributed by atoms with Crippen molar-refractivity contribution in [3.8, 4) is 0 Å². The van der Waals surface area contributed by atoms with Gasteiger partial charge < -0.3 is 15.1 Å². The van der Waals surface area contributed by atoms with E-state index in [0.717, 1.165) is 38.8 Å². The van der Waals surface area contributed by atoms with Gasteiger partial charge in [0.2, 0.25) is 11.8 Å². The molecule has 2 unspecified atom stereocenters. The second kappa shape index (κ2) is 6.34. The summed E-state index contributed by atoms with van der Waals surface area (Å²) in [6, 6.07) is 0.197. The Morgan fingerprint density at radius 3 is 2.76 bits per heavy atom. The Morgan fingerprint density at radius 1 is 1.24 bits per heavy atom. The molecule has 3 aliphatic rings. The van der Waals surface area contributed by atoms with Gasteiger partial charge in [0.25, 0.3) is 0 Å². The van der Waals surface area contributed by atoms with Gasteiger partial charge in [-0.25, -0.2) is 0 Å². The first kappa shape index (κ1) is 14.8. The van der Waals surface area contributed by atoms with E-state index in [1.807, 2.05) is 9.80 Å². The van der Waals surface area contributed by atoms with Gasteiger partial charge in [-0.05, 0) is 51.0 Å². The fourth-order valence-corrected chi connectivity index (χ4v) is 3.63. The largest absolute Gasteiger partial charge is 0.330 e. The quantitative estimate of drug-likeness (QED) is 0.794. The van der Waals surface area contributed by atoms with Crippen LogP contribution in [0.15, 0.2) is 0 Å². The molecular formula is C16H27N3O2. The molecule has 2 aliphatic heterocycles. The van der Waals surface area contributed by atoms with Gasteiger partial charge in [-0.15, -0.1) is 0 Å². The van der Waals surface area contributed by atoms with Crippen molar-refractivity contribution in [2.75, 3.05) is 26.2 Å². The van der Waals surface area contributed by atoms with Crippen LogP contribution in [0.3, 0.4) is 0 Å². The molecule has 3 rings (SSSR count). The van der Waals surface area contributed by atoms with Crippen molar-refractivity contribution in [2.45, 2.75) is 57.5 Å². The van der Waals surface area contributed by atoms with E-state index in [0.29, 0.717) is 18.5 Å². The highest BCUT2D eigenvalue weighted by atomic mass is 16.2. The van der Waals surface area contributed by atoms with E-state index in [1.54, 1.807) is 0 Å². The van der Waals surface area contributed by atoms with E-state index < -0.39 is 0 Å². The van der Waals surface area contributed by atoms with Crippen LogP contribution in [0.25, 0.3) is 0 Å². The summed E-state index contributed by atoms with van der Waals surface area (Å²) in [4.78, 5) is 28.6. The van der Waals surface area contributed by atoms with Crippen LogP contribution in [0.1, 0.15) is 45.4 Å². The fraction of sp³-hybridized carbons (Fsp3) is 0.875. The number of piperazine rings is 1. The number of hydrogen-bond acceptors (Lipinski definition) is 3. The van der Waals surface area contributed by atoms with Crippen LogP contribution in [0.2, 0.25) is 0 Å². The highest BCUT2D eigenvalue weighted by molar-refractivity contribution is 5.95. The molecule has 1 N–H and O–H groups in total. The van der Waals surface area contributed by atoms with E-state index >= 15 is 0 Å². The Bertz CT molecular complexity index is 408. The minimum absolute atomic E-state index is 0.143. The van der Waals surface area contributed by atoms with Gasteiger partial charge in [0.15, 0.2) is 0 Å². The Kier molecular flexibility index (Phi) is 4.48. The first-order chi connectivity index (χ1) is 10.2. The van der Waals surface area contributed by atoms with Crippen molar-refractivity contribution in [3.05, 3.63) is 0 Å². The van der Waals surface area contributed by atoms with Crippen molar-refractivity contribution in [1.29, 1.82) is 0 Å². The van der Waals surface area contributed by atoms with Crippen LogP contribution >= 0.6 is 0 Å². The highest BCUT2D eigenvalue weighted by Crippen LogP contribution is 2.33. The molecule has 0 aromatic heterocycles. The molecule has 3 fully saturated rings. The highest BCUT2D eigenvalue weighted by Gasteiger charge is 2.42. The second-order valence-corrected chi connectivity index (χ2v) is 6.72. The molecule has 2 saturated heterocycles. The number of carbonyl (C=O) groups is 2. The standard InChI is InChI=1S/C16H27N3O2/c1-2-8-17-13(12-6-7-12)10-18-11-15(20)19-9-4-3-5-14(19)16(18)21/h12-14,17H,2-11H2,1H3. The van der Waals surface area contributed by atoms with Crippen molar-refractivity contribution < 1.29 is 9.59 Å². The zero-order chi connectivity index (χ0) is 14.8. The van der Waals surface area contributed by atoms with Crippen LogP contribution in [-0.2, 0) is 9.59 Å². The first-order valence-corrected chi connectivity index (χ1v) is 8.52. The predicted octanol–water partition coefficient (Wildman–Crippen LogP) is 0.988. The minimum atomic E-state index is -0.175. The molecular weight excluding hydrogens is 266 g/mol. The van der Waals surface area contributed by atoms with E-state index in [4.69, 9.17) is 0 Å². The van der Waals surface area contributed by atoms with Gasteiger partial charge in [-0.1, -0.05) is 6.92 Å². The number of nitrogens with one attached hydrogen (secondary N) is 1. The zero-order valence-electron chi connectivity index (χ0n) is 13.0. The molecule has 118 valence electrons. The lowest BCUT2D eigenvalue weighted by Gasteiger charge is -2.43. The maximum Gasteiger partial charge on any atom is 0.245 e. The lowest BCUT2D eigenvalue weighted by molar-refractivity contribution is -0.158. The summed E-state index contributed by atoms with van der Waals surface area (Å²) >= 11 is 0. The number of piperidine rings is 1. The summed E-state index contributed by atoms with van der Waals surface area (Å²) in [7, 11) is 0. The SMILES string of the molecule is CCCNC(CN1CC(=O)N2CCCCC2C1=O)C1CC1. The smallest absolute Gasteiger partial charge is 0.245 e. The van der Waals surface area contributed by atoms with Crippen LogP contribution in [0.4, 0.5) is 0 Å². The molecule has 0 radical (unpaired) electrons. The lowest BCUT2D eigenvalue weighted by atomic mass is 9.97. The van der Waals surface area contributed by atoms with E-state index in [9.17, 15) is 9.59 Å². The number of hydrogen-bond donors (Lipinski definition) is 1. The summed E-state index contributed by atoms with van der Waals surface area (Å²) < 4.78 is 0. The van der Waals surface area contributed by atoms with Crippen molar-refractivity contribution >= 4 is 11.8 Å². The summed E-state index contributed by atoms with van der Waals surface area (Å²) in [6.07, 6.45) is 6.57. The number of rotatable bonds is 6. The summed E-state index contributed by atoms with van der Waals surface area (Å²) in [6.45, 7) is 4.91. The van der Waals surface area contributed by atoms with Crippen molar-refractivity contribution in [2.24, 2.45) is 5.92 Å². The molecule has 0 aromatic rings. The van der Waals surface area contributed by atoms with Gasteiger partial charge >= 0.3 is 0 Å². The fourth-order valence-electron chi connectivity index (χ4n) is 3.63. The third kappa shape index (κ3) is 3.23. The number of carbonyl (C=O) groups excluding carboxylic acids is 2. The number of amides is 2. The molecule has 1 aliphatic carbocycles. The van der Waals surface area contributed by atoms with E-state index in [2.05, 4.69) is 12.2 Å². The molecule has 0 bridgehead atoms. The number of fused-ring (bicyclic) bond motifs is 1. The molecule has 5 nitrogen and oxygen atoms in total. The van der Waals surface area contributed by atoms with Gasteiger partial charge in [-0.2, -0.15) is 0 Å². The first-order valence-electron chi connectivity index (χ1n) is 8.52. The minimum Gasteiger partial charge on any atom is -0.330 e. The molecule has 2 amide bonds. The monoisotopic (exact) mass is 293 g/mol. The van der Waals surface area contributed by atoms with E-state index in [1.165, 1.54) is 12.8 Å². The van der Waals surface area contributed by atoms with Crippen molar-refractivity contribution in [3.63, 3.8) is 0 Å². The third-order valence-corrected chi connectivity index (χ3v) is 5.01.